The van der Waals surface area contributed by atoms with E-state index in [4.69, 9.17) is 15.2 Å². The molecule has 0 saturated carbocycles. The Labute approximate surface area is 110 Å². The Morgan fingerprint density at radius 1 is 1.22 bits per heavy atom. The molecule has 0 aromatic heterocycles. The minimum absolute atomic E-state index is 0.260. The topological polar surface area (TPSA) is 47.7 Å². The van der Waals surface area contributed by atoms with Gasteiger partial charge in [0.1, 0.15) is 11.5 Å². The number of benzene rings is 1. The molecule has 1 rings (SSSR count). The lowest BCUT2D eigenvalue weighted by Crippen LogP contribution is -2.24. The maximum absolute atomic E-state index is 5.71. The van der Waals surface area contributed by atoms with Crippen LogP contribution in [0.3, 0.4) is 0 Å². The minimum atomic E-state index is 0.260. The van der Waals surface area contributed by atoms with Crippen LogP contribution in [0.5, 0.6) is 11.5 Å². The van der Waals surface area contributed by atoms with Crippen LogP contribution < -0.4 is 15.2 Å². The van der Waals surface area contributed by atoms with Gasteiger partial charge in [0.15, 0.2) is 0 Å². The minimum Gasteiger partial charge on any atom is -0.497 e. The number of aryl methyl sites for hydroxylation is 1. The van der Waals surface area contributed by atoms with Crippen LogP contribution in [0.25, 0.3) is 0 Å². The Morgan fingerprint density at radius 3 is 2.33 bits per heavy atom. The zero-order chi connectivity index (χ0) is 13.7. The van der Waals surface area contributed by atoms with Crippen LogP contribution in [0.2, 0.25) is 0 Å². The van der Waals surface area contributed by atoms with Gasteiger partial charge in [0.25, 0.3) is 0 Å². The molecule has 0 aliphatic heterocycles. The molecule has 1 aromatic rings. The first kappa shape index (κ1) is 14.8. The van der Waals surface area contributed by atoms with Crippen molar-refractivity contribution < 1.29 is 9.47 Å². The first-order valence-electron chi connectivity index (χ1n) is 6.14. The third kappa shape index (κ3) is 3.15. The molecule has 0 fully saturated rings. The summed E-state index contributed by atoms with van der Waals surface area (Å²) in [4.78, 5) is 2.17. The molecule has 18 heavy (non-hydrogen) atoms. The lowest BCUT2D eigenvalue weighted by molar-refractivity contribution is 0.275. The molecule has 0 bridgehead atoms. The molecule has 102 valence electrons. The number of rotatable bonds is 6. The third-order valence-electron chi connectivity index (χ3n) is 3.17. The normalized spacial score (nSPS) is 12.6. The number of nitrogens with zero attached hydrogens (tertiary/aromatic N) is 1. The first-order valence-corrected chi connectivity index (χ1v) is 6.14. The van der Waals surface area contributed by atoms with Crippen molar-refractivity contribution in [2.24, 2.45) is 5.73 Å². The molecule has 0 saturated heterocycles. The lowest BCUT2D eigenvalue weighted by Gasteiger charge is -2.27. The van der Waals surface area contributed by atoms with Gasteiger partial charge in [-0.3, -0.25) is 0 Å². The Morgan fingerprint density at radius 2 is 1.89 bits per heavy atom. The van der Waals surface area contributed by atoms with Crippen molar-refractivity contribution in [3.63, 3.8) is 0 Å². The summed E-state index contributed by atoms with van der Waals surface area (Å²) in [7, 11) is 7.47. The van der Waals surface area contributed by atoms with Crippen LogP contribution in [-0.4, -0.2) is 39.8 Å². The van der Waals surface area contributed by atoms with Gasteiger partial charge in [0.2, 0.25) is 0 Å². The average molecular weight is 252 g/mol. The Balaban J connectivity index is 3.27. The number of methoxy groups -OCH3 is 2. The molecule has 0 aliphatic rings. The lowest BCUT2D eigenvalue weighted by atomic mass is 9.96. The molecule has 2 N–H and O–H groups in total. The van der Waals surface area contributed by atoms with Gasteiger partial charge in [-0.1, -0.05) is 0 Å². The molecule has 1 unspecified atom stereocenters. The fourth-order valence-electron chi connectivity index (χ4n) is 2.27. The van der Waals surface area contributed by atoms with Gasteiger partial charge in [-0.25, -0.2) is 0 Å². The molecule has 1 atom stereocenters. The van der Waals surface area contributed by atoms with Gasteiger partial charge in [0, 0.05) is 17.7 Å². The summed E-state index contributed by atoms with van der Waals surface area (Å²) in [6.45, 7) is 2.73. The summed E-state index contributed by atoms with van der Waals surface area (Å²) in [5.41, 5.74) is 8.06. The van der Waals surface area contributed by atoms with Gasteiger partial charge in [-0.05, 0) is 45.6 Å². The summed E-state index contributed by atoms with van der Waals surface area (Å²) in [5, 5.41) is 0. The highest BCUT2D eigenvalue weighted by Gasteiger charge is 2.21. The van der Waals surface area contributed by atoms with Crippen LogP contribution >= 0.6 is 0 Å². The Bertz CT molecular complexity index is 392. The smallest absolute Gasteiger partial charge is 0.127 e. The molecule has 0 heterocycles. The van der Waals surface area contributed by atoms with E-state index in [0.717, 1.165) is 17.9 Å². The second-order valence-corrected chi connectivity index (χ2v) is 4.62. The molecule has 4 nitrogen and oxygen atoms in total. The van der Waals surface area contributed by atoms with Crippen LogP contribution in [0.1, 0.15) is 23.6 Å². The van der Waals surface area contributed by atoms with E-state index >= 15 is 0 Å². The number of nitrogens with two attached hydrogens (primary N) is 1. The summed E-state index contributed by atoms with van der Waals surface area (Å²) in [6.07, 6.45) is 0.899. The maximum Gasteiger partial charge on any atom is 0.127 e. The summed E-state index contributed by atoms with van der Waals surface area (Å²) in [6, 6.07) is 4.22. The summed E-state index contributed by atoms with van der Waals surface area (Å²) >= 11 is 0. The predicted octanol–water partition coefficient (Wildman–Crippen LogP) is 1.96. The molecular formula is C14H24N2O2. The van der Waals surface area contributed by atoms with E-state index < -0.39 is 0 Å². The van der Waals surface area contributed by atoms with E-state index in [1.807, 2.05) is 12.1 Å². The van der Waals surface area contributed by atoms with Crippen LogP contribution in [0.4, 0.5) is 0 Å². The van der Waals surface area contributed by atoms with E-state index in [1.165, 1.54) is 11.1 Å². The van der Waals surface area contributed by atoms with E-state index in [1.54, 1.807) is 14.2 Å². The highest BCUT2D eigenvalue weighted by atomic mass is 16.5. The van der Waals surface area contributed by atoms with Crippen molar-refractivity contribution in [2.45, 2.75) is 19.4 Å². The van der Waals surface area contributed by atoms with Crippen molar-refractivity contribution >= 4 is 0 Å². The second kappa shape index (κ2) is 6.61. The number of hydrogen-bond acceptors (Lipinski definition) is 4. The van der Waals surface area contributed by atoms with Gasteiger partial charge >= 0.3 is 0 Å². The fraction of sp³-hybridized carbons (Fsp3) is 0.571. The highest BCUT2D eigenvalue weighted by molar-refractivity contribution is 5.48. The van der Waals surface area contributed by atoms with Gasteiger partial charge in [0.05, 0.1) is 14.2 Å². The highest BCUT2D eigenvalue weighted by Crippen LogP contribution is 2.36. The quantitative estimate of drug-likeness (QED) is 0.841. The van der Waals surface area contributed by atoms with Crippen molar-refractivity contribution in [2.75, 3.05) is 34.9 Å². The molecule has 0 aliphatic carbocycles. The van der Waals surface area contributed by atoms with Crippen LogP contribution in [-0.2, 0) is 0 Å². The molecule has 1 aromatic carbocycles. The first-order chi connectivity index (χ1) is 8.54. The van der Waals surface area contributed by atoms with E-state index in [2.05, 4.69) is 25.9 Å². The Kier molecular flexibility index (Phi) is 5.44. The third-order valence-corrected chi connectivity index (χ3v) is 3.17. The van der Waals surface area contributed by atoms with Crippen molar-refractivity contribution in [3.05, 3.63) is 23.3 Å². The number of hydrogen-bond donors (Lipinski definition) is 1. The Hall–Kier alpha value is -1.26. The van der Waals surface area contributed by atoms with Crippen molar-refractivity contribution in [1.29, 1.82) is 0 Å². The van der Waals surface area contributed by atoms with Crippen molar-refractivity contribution in [3.8, 4) is 11.5 Å². The standard InChI is InChI=1S/C14H24N2O2/c1-10-8-11(17-4)9-13(18-5)14(10)12(6-7-15)16(2)3/h8-9,12H,6-7,15H2,1-5H3. The summed E-state index contributed by atoms with van der Waals surface area (Å²) in [5.74, 6) is 1.68. The van der Waals surface area contributed by atoms with Crippen molar-refractivity contribution in [1.82, 2.24) is 4.90 Å². The predicted molar refractivity (Wildman–Crippen MR) is 74.4 cm³/mol. The van der Waals surface area contributed by atoms with Crippen LogP contribution in [0, 0.1) is 6.92 Å². The molecule has 0 spiro atoms. The maximum atomic E-state index is 5.71. The molecular weight excluding hydrogens is 228 g/mol. The molecule has 0 radical (unpaired) electrons. The largest absolute Gasteiger partial charge is 0.497 e. The fourth-order valence-corrected chi connectivity index (χ4v) is 2.27. The SMILES string of the molecule is COc1cc(C)c(C(CCN)N(C)C)c(OC)c1. The van der Waals surface area contributed by atoms with E-state index in [-0.39, 0.29) is 6.04 Å². The second-order valence-electron chi connectivity index (χ2n) is 4.62. The van der Waals surface area contributed by atoms with Crippen LogP contribution in [0.15, 0.2) is 12.1 Å². The van der Waals surface area contributed by atoms with E-state index in [9.17, 15) is 0 Å². The zero-order valence-electron chi connectivity index (χ0n) is 12.0. The molecule has 4 heteroatoms. The monoisotopic (exact) mass is 252 g/mol. The van der Waals surface area contributed by atoms with Gasteiger partial charge < -0.3 is 20.1 Å². The molecule has 0 amide bonds. The number of ether oxygens (including phenoxy) is 2. The van der Waals surface area contributed by atoms with Gasteiger partial charge in [-0.15, -0.1) is 0 Å². The average Bonchev–Trinajstić information content (AvgIpc) is 2.35. The van der Waals surface area contributed by atoms with Gasteiger partial charge in [-0.2, -0.15) is 0 Å². The summed E-state index contributed by atoms with van der Waals surface area (Å²) < 4.78 is 10.8. The zero-order valence-corrected chi connectivity index (χ0v) is 12.0. The van der Waals surface area contributed by atoms with E-state index in [0.29, 0.717) is 6.54 Å².